The summed E-state index contributed by atoms with van der Waals surface area (Å²) in [5, 5.41) is 7.00. The lowest BCUT2D eigenvalue weighted by molar-refractivity contribution is 0.0305. The number of nitrogens with zero attached hydrogens (tertiary/aromatic N) is 2. The zero-order chi connectivity index (χ0) is 17.2. The number of rotatable bonds is 5. The van der Waals surface area contributed by atoms with E-state index in [0.717, 1.165) is 32.1 Å². The van der Waals surface area contributed by atoms with Crippen molar-refractivity contribution >= 4 is 6.09 Å². The molecule has 0 saturated heterocycles. The van der Waals surface area contributed by atoms with E-state index >= 15 is 0 Å². The maximum absolute atomic E-state index is 12.1. The normalized spacial score (nSPS) is 20.6. The molecular formula is C17H27N3O4. The van der Waals surface area contributed by atoms with Gasteiger partial charge in [0.2, 0.25) is 0 Å². The first-order valence-corrected chi connectivity index (χ1v) is 8.82. The summed E-state index contributed by atoms with van der Waals surface area (Å²) in [6, 6.07) is 0. The van der Waals surface area contributed by atoms with Crippen LogP contribution in [0.5, 0.6) is 0 Å². The van der Waals surface area contributed by atoms with Crippen molar-refractivity contribution in [2.24, 2.45) is 0 Å². The SMILES string of the molecule is CC(C)(C)OC(=O)NC1(c2noc(COC3CCCC3)n2)CCC1. The van der Waals surface area contributed by atoms with E-state index in [2.05, 4.69) is 15.5 Å². The van der Waals surface area contributed by atoms with Crippen molar-refractivity contribution < 1.29 is 18.8 Å². The summed E-state index contributed by atoms with van der Waals surface area (Å²) < 4.78 is 16.5. The van der Waals surface area contributed by atoms with Crippen LogP contribution in [-0.4, -0.2) is 27.9 Å². The smallest absolute Gasteiger partial charge is 0.408 e. The molecule has 0 aliphatic heterocycles. The minimum Gasteiger partial charge on any atom is -0.444 e. The molecule has 7 heteroatoms. The summed E-state index contributed by atoms with van der Waals surface area (Å²) in [5.41, 5.74) is -1.11. The maximum Gasteiger partial charge on any atom is 0.408 e. The fourth-order valence-corrected chi connectivity index (χ4v) is 3.19. The molecule has 0 aromatic carbocycles. The third-order valence-electron chi connectivity index (χ3n) is 4.59. The first-order chi connectivity index (χ1) is 11.4. The van der Waals surface area contributed by atoms with E-state index in [-0.39, 0.29) is 0 Å². The summed E-state index contributed by atoms with van der Waals surface area (Å²) >= 11 is 0. The van der Waals surface area contributed by atoms with E-state index < -0.39 is 17.2 Å². The van der Waals surface area contributed by atoms with Gasteiger partial charge < -0.3 is 19.3 Å². The Morgan fingerprint density at radius 3 is 2.58 bits per heavy atom. The molecule has 0 radical (unpaired) electrons. The van der Waals surface area contributed by atoms with Crippen molar-refractivity contribution in [3.63, 3.8) is 0 Å². The van der Waals surface area contributed by atoms with Gasteiger partial charge in [0, 0.05) is 0 Å². The van der Waals surface area contributed by atoms with Crippen LogP contribution in [-0.2, 0) is 21.6 Å². The first kappa shape index (κ1) is 17.2. The molecule has 0 unspecified atom stereocenters. The molecule has 1 N–H and O–H groups in total. The highest BCUT2D eigenvalue weighted by atomic mass is 16.6. The number of carbonyl (C=O) groups excluding carboxylic acids is 1. The lowest BCUT2D eigenvalue weighted by Gasteiger charge is -2.39. The quantitative estimate of drug-likeness (QED) is 0.886. The van der Waals surface area contributed by atoms with Gasteiger partial charge in [-0.25, -0.2) is 4.79 Å². The Morgan fingerprint density at radius 2 is 2.00 bits per heavy atom. The highest BCUT2D eigenvalue weighted by molar-refractivity contribution is 5.69. The van der Waals surface area contributed by atoms with Crippen LogP contribution >= 0.6 is 0 Å². The fourth-order valence-electron chi connectivity index (χ4n) is 3.19. The highest BCUT2D eigenvalue weighted by Gasteiger charge is 2.45. The Bertz CT molecular complexity index is 569. The molecule has 24 heavy (non-hydrogen) atoms. The van der Waals surface area contributed by atoms with Crippen LogP contribution in [0.25, 0.3) is 0 Å². The van der Waals surface area contributed by atoms with Gasteiger partial charge >= 0.3 is 6.09 Å². The van der Waals surface area contributed by atoms with Gasteiger partial charge in [-0.15, -0.1) is 0 Å². The van der Waals surface area contributed by atoms with Gasteiger partial charge in [0.05, 0.1) is 6.10 Å². The number of aromatic nitrogens is 2. The molecule has 134 valence electrons. The molecule has 0 bridgehead atoms. The lowest BCUT2D eigenvalue weighted by atomic mass is 9.76. The number of amides is 1. The van der Waals surface area contributed by atoms with E-state index in [4.69, 9.17) is 14.0 Å². The van der Waals surface area contributed by atoms with Crippen molar-refractivity contribution in [2.75, 3.05) is 0 Å². The van der Waals surface area contributed by atoms with Crippen LogP contribution in [0, 0.1) is 0 Å². The standard InChI is InChI=1S/C17H27N3O4/c1-16(2,3)23-15(21)19-17(9-6-10-17)14-18-13(24-20-14)11-22-12-7-4-5-8-12/h12H,4-11H2,1-3H3,(H,19,21). The second kappa shape index (κ2) is 6.70. The molecule has 3 rings (SSSR count). The molecule has 1 heterocycles. The number of carbonyl (C=O) groups is 1. The van der Waals surface area contributed by atoms with Gasteiger partial charge in [-0.1, -0.05) is 18.0 Å². The fraction of sp³-hybridized carbons (Fsp3) is 0.824. The second-order valence-electron chi connectivity index (χ2n) is 7.79. The molecule has 7 nitrogen and oxygen atoms in total. The summed E-state index contributed by atoms with van der Waals surface area (Å²) in [5.74, 6) is 0.985. The molecule has 2 aliphatic rings. The van der Waals surface area contributed by atoms with E-state index in [1.807, 2.05) is 20.8 Å². The van der Waals surface area contributed by atoms with Gasteiger partial charge in [0.15, 0.2) is 5.82 Å². The second-order valence-corrected chi connectivity index (χ2v) is 7.79. The van der Waals surface area contributed by atoms with E-state index in [1.165, 1.54) is 12.8 Å². The van der Waals surface area contributed by atoms with Gasteiger partial charge in [-0.3, -0.25) is 0 Å². The van der Waals surface area contributed by atoms with Crippen LogP contribution in [0.2, 0.25) is 0 Å². The summed E-state index contributed by atoms with van der Waals surface area (Å²) in [4.78, 5) is 16.5. The minimum absolute atomic E-state index is 0.304. The third-order valence-corrected chi connectivity index (χ3v) is 4.59. The Balaban J connectivity index is 1.59. The van der Waals surface area contributed by atoms with Crippen LogP contribution in [0.15, 0.2) is 4.52 Å². The van der Waals surface area contributed by atoms with Crippen molar-refractivity contribution in [3.05, 3.63) is 11.7 Å². The van der Waals surface area contributed by atoms with Crippen LogP contribution in [0.1, 0.15) is 77.4 Å². The predicted molar refractivity (Wildman–Crippen MR) is 86.2 cm³/mol. The Labute approximate surface area is 142 Å². The third kappa shape index (κ3) is 4.06. The lowest BCUT2D eigenvalue weighted by Crippen LogP contribution is -2.52. The zero-order valence-corrected chi connectivity index (χ0v) is 14.8. The van der Waals surface area contributed by atoms with Crippen LogP contribution in [0.4, 0.5) is 4.79 Å². The van der Waals surface area contributed by atoms with Crippen LogP contribution < -0.4 is 5.32 Å². The first-order valence-electron chi connectivity index (χ1n) is 8.82. The molecule has 1 aromatic heterocycles. The van der Waals surface area contributed by atoms with E-state index in [0.29, 0.717) is 24.4 Å². The van der Waals surface area contributed by atoms with E-state index in [9.17, 15) is 4.79 Å². The molecule has 1 amide bonds. The molecule has 2 saturated carbocycles. The topological polar surface area (TPSA) is 86.5 Å². The van der Waals surface area contributed by atoms with Crippen molar-refractivity contribution in [2.45, 2.75) is 89.6 Å². The molecular weight excluding hydrogens is 310 g/mol. The summed E-state index contributed by atoms with van der Waals surface area (Å²) in [7, 11) is 0. The molecule has 0 spiro atoms. The number of ether oxygens (including phenoxy) is 2. The minimum atomic E-state index is -0.572. The van der Waals surface area contributed by atoms with Gasteiger partial charge in [0.1, 0.15) is 17.7 Å². The molecule has 0 atom stereocenters. The van der Waals surface area contributed by atoms with Gasteiger partial charge in [-0.05, 0) is 52.9 Å². The van der Waals surface area contributed by atoms with Gasteiger partial charge in [-0.2, -0.15) is 4.98 Å². The van der Waals surface area contributed by atoms with Gasteiger partial charge in [0.25, 0.3) is 5.89 Å². The zero-order valence-electron chi connectivity index (χ0n) is 14.8. The number of hydrogen-bond acceptors (Lipinski definition) is 6. The molecule has 2 aliphatic carbocycles. The Kier molecular flexibility index (Phi) is 4.80. The largest absolute Gasteiger partial charge is 0.444 e. The van der Waals surface area contributed by atoms with Crippen molar-refractivity contribution in [1.82, 2.24) is 15.5 Å². The predicted octanol–water partition coefficient (Wildman–Crippen LogP) is 3.43. The monoisotopic (exact) mass is 337 g/mol. The molecule has 2 fully saturated rings. The van der Waals surface area contributed by atoms with Crippen molar-refractivity contribution in [1.29, 1.82) is 0 Å². The summed E-state index contributed by atoms with van der Waals surface area (Å²) in [6.07, 6.45) is 7.09. The number of alkyl carbamates (subject to hydrolysis) is 1. The molecule has 1 aromatic rings. The van der Waals surface area contributed by atoms with Crippen LogP contribution in [0.3, 0.4) is 0 Å². The summed E-state index contributed by atoms with van der Waals surface area (Å²) in [6.45, 7) is 5.85. The van der Waals surface area contributed by atoms with Crippen molar-refractivity contribution in [3.8, 4) is 0 Å². The average Bonchev–Trinajstić information content (AvgIpc) is 3.10. The Hall–Kier alpha value is -1.63. The number of nitrogens with one attached hydrogen (secondary N) is 1. The average molecular weight is 337 g/mol. The highest BCUT2D eigenvalue weighted by Crippen LogP contribution is 2.40. The van der Waals surface area contributed by atoms with E-state index in [1.54, 1.807) is 0 Å². The number of hydrogen-bond donors (Lipinski definition) is 1. The maximum atomic E-state index is 12.1. The Morgan fingerprint density at radius 1 is 1.29 bits per heavy atom.